The zero-order valence-electron chi connectivity index (χ0n) is 33.9. The van der Waals surface area contributed by atoms with E-state index >= 15 is 0 Å². The SMILES string of the molecule is c1ccc(-c2cccc(C3=NC(c4ccccc4)NC(n4c5ccccc5c5ccc6c7ccccc7n(-c7cccc(-c8ccccc8)c7-c7ccccc7)c6c54)N3)c2)cc1. The molecule has 0 radical (unpaired) electrons. The maximum Gasteiger partial charge on any atom is 0.162 e. The van der Waals surface area contributed by atoms with Crippen molar-refractivity contribution in [1.29, 1.82) is 0 Å². The van der Waals surface area contributed by atoms with Crippen LogP contribution in [-0.2, 0) is 0 Å². The molecule has 2 aromatic heterocycles. The Hall–Kier alpha value is -7.99. The Morgan fingerprint density at radius 3 is 1.68 bits per heavy atom. The van der Waals surface area contributed by atoms with Crippen molar-refractivity contribution in [1.82, 2.24) is 19.8 Å². The van der Waals surface area contributed by atoms with Gasteiger partial charge in [-0.1, -0.05) is 200 Å². The molecular weight excluding hydrogens is 755 g/mol. The Bertz CT molecular complexity index is 3460. The van der Waals surface area contributed by atoms with Gasteiger partial charge in [0.05, 0.1) is 27.8 Å². The summed E-state index contributed by atoms with van der Waals surface area (Å²) in [4.78, 5) is 5.40. The number of aliphatic imine (C=N–C) groups is 1. The van der Waals surface area contributed by atoms with Crippen LogP contribution in [0.2, 0.25) is 0 Å². The predicted octanol–water partition coefficient (Wildman–Crippen LogP) is 13.7. The van der Waals surface area contributed by atoms with Crippen LogP contribution in [0.4, 0.5) is 0 Å². The number of nitrogens with zero attached hydrogens (tertiary/aromatic N) is 3. The van der Waals surface area contributed by atoms with Gasteiger partial charge in [0.25, 0.3) is 0 Å². The highest BCUT2D eigenvalue weighted by molar-refractivity contribution is 6.23. The van der Waals surface area contributed by atoms with Crippen LogP contribution in [0.1, 0.15) is 23.6 Å². The summed E-state index contributed by atoms with van der Waals surface area (Å²) in [6.45, 7) is 0. The van der Waals surface area contributed by atoms with Crippen molar-refractivity contribution in [2.75, 3.05) is 0 Å². The van der Waals surface area contributed by atoms with Crippen LogP contribution in [0, 0.1) is 0 Å². The van der Waals surface area contributed by atoms with Crippen LogP contribution in [-0.4, -0.2) is 15.0 Å². The molecule has 9 aromatic carbocycles. The monoisotopic (exact) mass is 795 g/mol. The molecule has 0 saturated heterocycles. The van der Waals surface area contributed by atoms with Gasteiger partial charge in [0, 0.05) is 32.7 Å². The van der Waals surface area contributed by atoms with E-state index in [0.717, 1.165) is 50.3 Å². The lowest BCUT2D eigenvalue weighted by Crippen LogP contribution is -2.47. The molecule has 5 heteroatoms. The van der Waals surface area contributed by atoms with Crippen molar-refractivity contribution in [3.8, 4) is 39.1 Å². The summed E-state index contributed by atoms with van der Waals surface area (Å²) in [5, 5.41) is 12.7. The third kappa shape index (κ3) is 5.93. The molecule has 0 spiro atoms. The molecule has 2 N–H and O–H groups in total. The summed E-state index contributed by atoms with van der Waals surface area (Å²) in [6, 6.07) is 80.5. The first-order valence-corrected chi connectivity index (χ1v) is 21.3. The Labute approximate surface area is 359 Å². The van der Waals surface area contributed by atoms with E-state index in [1.54, 1.807) is 0 Å². The number of aromatic nitrogens is 2. The standard InChI is InChI=1S/C57H41N5/c1-5-19-38(20-6-1)42-27-17-28-43(37-42)56-58-55(41-25-11-4-12-26-41)59-57(60-56)62-50-33-16-14-30-46(50)48-36-35-47-45-29-13-15-32-49(45)61(53(47)54(48)62)51-34-18-31-44(39-21-7-2-8-22-39)52(51)40-23-9-3-10-24-40/h1-37,55,57,59H,(H,58,60). The van der Waals surface area contributed by atoms with Crippen LogP contribution in [0.25, 0.3) is 82.7 Å². The fraction of sp³-hybridized carbons (Fsp3) is 0.0351. The number of nitrogens with one attached hydrogen (secondary N) is 2. The number of fused-ring (bicyclic) bond motifs is 7. The van der Waals surface area contributed by atoms with Crippen molar-refractivity contribution in [3.05, 3.63) is 236 Å². The van der Waals surface area contributed by atoms with Gasteiger partial charge < -0.3 is 14.5 Å². The molecule has 0 amide bonds. The van der Waals surface area contributed by atoms with E-state index in [1.807, 2.05) is 0 Å². The molecule has 1 aliphatic rings. The summed E-state index contributed by atoms with van der Waals surface area (Å²) in [7, 11) is 0. The molecule has 2 unspecified atom stereocenters. The number of hydrogen-bond donors (Lipinski definition) is 2. The predicted molar refractivity (Wildman–Crippen MR) is 258 cm³/mol. The first-order chi connectivity index (χ1) is 30.8. The third-order valence-electron chi connectivity index (χ3n) is 12.4. The van der Waals surface area contributed by atoms with Gasteiger partial charge in [0.15, 0.2) is 6.29 Å². The van der Waals surface area contributed by atoms with Crippen molar-refractivity contribution >= 4 is 49.4 Å². The smallest absolute Gasteiger partial charge is 0.162 e. The number of rotatable bonds is 7. The highest BCUT2D eigenvalue weighted by Crippen LogP contribution is 2.45. The van der Waals surface area contributed by atoms with Crippen molar-refractivity contribution < 1.29 is 0 Å². The number of benzene rings is 9. The summed E-state index contributed by atoms with van der Waals surface area (Å²) < 4.78 is 5.00. The molecule has 0 aliphatic carbocycles. The number of para-hydroxylation sites is 2. The highest BCUT2D eigenvalue weighted by atomic mass is 15.4. The molecule has 11 aromatic rings. The van der Waals surface area contributed by atoms with E-state index in [-0.39, 0.29) is 12.5 Å². The second-order valence-electron chi connectivity index (χ2n) is 16.0. The van der Waals surface area contributed by atoms with Crippen LogP contribution in [0.3, 0.4) is 0 Å². The molecule has 0 saturated carbocycles. The molecule has 2 atom stereocenters. The number of hydrogen-bond acceptors (Lipinski definition) is 3. The molecule has 0 bridgehead atoms. The second kappa shape index (κ2) is 14.9. The molecule has 3 heterocycles. The molecular formula is C57H41N5. The summed E-state index contributed by atoms with van der Waals surface area (Å²) in [6.07, 6.45) is -0.692. The molecule has 5 nitrogen and oxygen atoms in total. The zero-order valence-corrected chi connectivity index (χ0v) is 33.9. The van der Waals surface area contributed by atoms with Crippen LogP contribution >= 0.6 is 0 Å². The van der Waals surface area contributed by atoms with E-state index in [1.165, 1.54) is 49.4 Å². The first kappa shape index (κ1) is 35.9. The maximum atomic E-state index is 5.40. The average Bonchev–Trinajstić information content (AvgIpc) is 3.88. The van der Waals surface area contributed by atoms with Crippen LogP contribution in [0.5, 0.6) is 0 Å². The van der Waals surface area contributed by atoms with E-state index in [9.17, 15) is 0 Å². The summed E-state index contributed by atoms with van der Waals surface area (Å²) in [5.41, 5.74) is 14.9. The van der Waals surface area contributed by atoms with Gasteiger partial charge in [-0.25, -0.2) is 4.99 Å². The Morgan fingerprint density at radius 1 is 0.403 bits per heavy atom. The van der Waals surface area contributed by atoms with Gasteiger partial charge >= 0.3 is 0 Å². The van der Waals surface area contributed by atoms with E-state index in [0.29, 0.717) is 0 Å². The zero-order chi connectivity index (χ0) is 41.0. The van der Waals surface area contributed by atoms with Crippen molar-refractivity contribution in [2.24, 2.45) is 4.99 Å². The first-order valence-electron chi connectivity index (χ1n) is 21.3. The van der Waals surface area contributed by atoms with E-state index < -0.39 is 0 Å². The normalized spacial score (nSPS) is 15.3. The fourth-order valence-electron chi connectivity index (χ4n) is 9.65. The minimum atomic E-state index is -0.378. The van der Waals surface area contributed by atoms with Gasteiger partial charge in [-0.3, -0.25) is 5.32 Å². The van der Waals surface area contributed by atoms with Crippen LogP contribution < -0.4 is 10.6 Å². The van der Waals surface area contributed by atoms with Crippen molar-refractivity contribution in [3.63, 3.8) is 0 Å². The highest BCUT2D eigenvalue weighted by Gasteiger charge is 2.30. The lowest BCUT2D eigenvalue weighted by molar-refractivity contribution is 0.330. The van der Waals surface area contributed by atoms with E-state index in [2.05, 4.69) is 244 Å². The molecule has 12 rings (SSSR count). The summed E-state index contributed by atoms with van der Waals surface area (Å²) in [5.74, 6) is 0.834. The molecule has 294 valence electrons. The maximum absolute atomic E-state index is 5.40. The Balaban J connectivity index is 1.15. The molecule has 0 fully saturated rings. The summed E-state index contributed by atoms with van der Waals surface area (Å²) >= 11 is 0. The largest absolute Gasteiger partial charge is 0.337 e. The van der Waals surface area contributed by atoms with Gasteiger partial charge in [-0.15, -0.1) is 0 Å². The average molecular weight is 796 g/mol. The van der Waals surface area contributed by atoms with Gasteiger partial charge in [-0.05, 0) is 57.6 Å². The quantitative estimate of drug-likeness (QED) is 0.169. The number of amidine groups is 1. The minimum Gasteiger partial charge on any atom is -0.337 e. The van der Waals surface area contributed by atoms with Gasteiger partial charge in [-0.2, -0.15) is 0 Å². The van der Waals surface area contributed by atoms with Crippen LogP contribution in [0.15, 0.2) is 229 Å². The Morgan fingerprint density at radius 2 is 0.952 bits per heavy atom. The Kier molecular flexibility index (Phi) is 8.65. The lowest BCUT2D eigenvalue weighted by atomic mass is 9.93. The second-order valence-corrected chi connectivity index (χ2v) is 16.0. The minimum absolute atomic E-state index is 0.314. The molecule has 1 aliphatic heterocycles. The third-order valence-corrected chi connectivity index (χ3v) is 12.4. The van der Waals surface area contributed by atoms with Gasteiger partial charge in [0.2, 0.25) is 0 Å². The van der Waals surface area contributed by atoms with Gasteiger partial charge in [0.1, 0.15) is 12.0 Å². The van der Waals surface area contributed by atoms with Crippen molar-refractivity contribution in [2.45, 2.75) is 12.5 Å². The topological polar surface area (TPSA) is 46.3 Å². The van der Waals surface area contributed by atoms with E-state index in [4.69, 9.17) is 4.99 Å². The molecule has 62 heavy (non-hydrogen) atoms. The lowest BCUT2D eigenvalue weighted by Gasteiger charge is -2.34. The fourth-order valence-corrected chi connectivity index (χ4v) is 9.65.